The maximum atomic E-state index is 10.8. The minimum absolute atomic E-state index is 0.0816. The molecule has 0 rings (SSSR count). The molecular formula is C12H18O5. The third-order valence-corrected chi connectivity index (χ3v) is 1.79. The molecule has 0 bridgehead atoms. The van der Waals surface area contributed by atoms with Crippen molar-refractivity contribution < 1.29 is 23.8 Å². The van der Waals surface area contributed by atoms with Crippen molar-refractivity contribution in [2.24, 2.45) is 0 Å². The Bertz CT molecular complexity index is 335. The lowest BCUT2D eigenvalue weighted by Crippen LogP contribution is -2.25. The zero-order valence-electron chi connectivity index (χ0n) is 10.8. The van der Waals surface area contributed by atoms with Crippen LogP contribution in [0.3, 0.4) is 0 Å². The summed E-state index contributed by atoms with van der Waals surface area (Å²) in [6, 6.07) is 0. The second-order valence-electron chi connectivity index (χ2n) is 3.88. The molecule has 17 heavy (non-hydrogen) atoms. The summed E-state index contributed by atoms with van der Waals surface area (Å²) in [6.07, 6.45) is -0.772. The van der Waals surface area contributed by atoms with Gasteiger partial charge in [0.2, 0.25) is 0 Å². The van der Waals surface area contributed by atoms with Crippen LogP contribution in [0, 0.1) is 11.8 Å². The Morgan fingerprint density at radius 2 is 1.82 bits per heavy atom. The number of esters is 2. The summed E-state index contributed by atoms with van der Waals surface area (Å²) >= 11 is 0. The van der Waals surface area contributed by atoms with Gasteiger partial charge in [0.25, 0.3) is 0 Å². The summed E-state index contributed by atoms with van der Waals surface area (Å²) in [6.45, 7) is 6.01. The molecule has 0 saturated carbocycles. The summed E-state index contributed by atoms with van der Waals surface area (Å²) in [7, 11) is 1.53. The van der Waals surface area contributed by atoms with Gasteiger partial charge in [0.05, 0.1) is 0 Å². The largest absolute Gasteiger partial charge is 0.461 e. The lowest BCUT2D eigenvalue weighted by atomic mass is 10.1. The fourth-order valence-corrected chi connectivity index (χ4v) is 0.804. The van der Waals surface area contributed by atoms with Gasteiger partial charge in [-0.15, -0.1) is 0 Å². The normalized spacial score (nSPS) is 12.1. The molecule has 0 fully saturated rings. The number of rotatable bonds is 4. The highest BCUT2D eigenvalue weighted by atomic mass is 16.6. The molecule has 0 aliphatic heterocycles. The Kier molecular flexibility index (Phi) is 6.29. The summed E-state index contributed by atoms with van der Waals surface area (Å²) in [4.78, 5) is 21.5. The highest BCUT2D eigenvalue weighted by molar-refractivity contribution is 5.67. The SMILES string of the molecule is COC(C)(C)C#CC(COC(C)=O)OC(C)=O. The van der Waals surface area contributed by atoms with Crippen LogP contribution in [0.25, 0.3) is 0 Å². The average molecular weight is 242 g/mol. The number of carbonyl (C=O) groups excluding carboxylic acids is 2. The lowest BCUT2D eigenvalue weighted by Gasteiger charge is -2.16. The second kappa shape index (κ2) is 6.92. The van der Waals surface area contributed by atoms with Crippen molar-refractivity contribution in [3.05, 3.63) is 0 Å². The molecule has 0 aromatic rings. The van der Waals surface area contributed by atoms with E-state index in [0.717, 1.165) is 0 Å². The number of ether oxygens (including phenoxy) is 3. The van der Waals surface area contributed by atoms with Gasteiger partial charge in [-0.3, -0.25) is 9.59 Å². The quantitative estimate of drug-likeness (QED) is 0.541. The topological polar surface area (TPSA) is 61.8 Å². The van der Waals surface area contributed by atoms with Crippen LogP contribution in [0.4, 0.5) is 0 Å². The first-order valence-corrected chi connectivity index (χ1v) is 5.15. The third-order valence-electron chi connectivity index (χ3n) is 1.79. The smallest absolute Gasteiger partial charge is 0.303 e. The fraction of sp³-hybridized carbons (Fsp3) is 0.667. The van der Waals surface area contributed by atoms with Crippen LogP contribution in [0.1, 0.15) is 27.7 Å². The molecule has 5 nitrogen and oxygen atoms in total. The van der Waals surface area contributed by atoms with Crippen molar-refractivity contribution in [3.8, 4) is 11.8 Å². The van der Waals surface area contributed by atoms with Gasteiger partial charge in [0.15, 0.2) is 6.10 Å². The van der Waals surface area contributed by atoms with Gasteiger partial charge in [-0.25, -0.2) is 0 Å². The number of methoxy groups -OCH3 is 1. The summed E-state index contributed by atoms with van der Waals surface area (Å²) in [5.74, 6) is 4.57. The molecule has 0 aliphatic carbocycles. The molecule has 0 aromatic carbocycles. The van der Waals surface area contributed by atoms with Gasteiger partial charge < -0.3 is 14.2 Å². The van der Waals surface area contributed by atoms with Gasteiger partial charge >= 0.3 is 11.9 Å². The maximum absolute atomic E-state index is 10.8. The standard InChI is InChI=1S/C12H18O5/c1-9(13)16-8-11(17-10(2)14)6-7-12(3,4)15-5/h11H,8H2,1-5H3. The molecule has 0 radical (unpaired) electrons. The Morgan fingerprint density at radius 1 is 1.24 bits per heavy atom. The maximum Gasteiger partial charge on any atom is 0.303 e. The predicted octanol–water partition coefficient (Wildman–Crippen LogP) is 0.910. The van der Waals surface area contributed by atoms with Gasteiger partial charge in [-0.05, 0) is 13.8 Å². The van der Waals surface area contributed by atoms with Gasteiger partial charge in [0.1, 0.15) is 12.2 Å². The summed E-state index contributed by atoms with van der Waals surface area (Å²) < 4.78 is 14.7. The van der Waals surface area contributed by atoms with E-state index in [0.29, 0.717) is 0 Å². The zero-order chi connectivity index (χ0) is 13.5. The molecule has 1 atom stereocenters. The summed E-state index contributed by atoms with van der Waals surface area (Å²) in [5.41, 5.74) is -0.644. The van der Waals surface area contributed by atoms with E-state index in [1.165, 1.54) is 21.0 Å². The van der Waals surface area contributed by atoms with Crippen LogP contribution < -0.4 is 0 Å². The molecule has 0 spiro atoms. The Hall–Kier alpha value is -1.54. The molecule has 0 aliphatic rings. The molecule has 0 amide bonds. The molecule has 96 valence electrons. The van der Waals surface area contributed by atoms with Gasteiger partial charge in [-0.2, -0.15) is 0 Å². The van der Waals surface area contributed by atoms with Crippen LogP contribution in [-0.4, -0.2) is 37.4 Å². The first-order chi connectivity index (χ1) is 7.76. The molecule has 5 heteroatoms. The van der Waals surface area contributed by atoms with Crippen molar-refractivity contribution in [2.45, 2.75) is 39.4 Å². The highest BCUT2D eigenvalue weighted by Gasteiger charge is 2.15. The van der Waals surface area contributed by atoms with E-state index in [2.05, 4.69) is 11.8 Å². The number of hydrogen-bond acceptors (Lipinski definition) is 5. The Labute approximate surface area is 101 Å². The van der Waals surface area contributed by atoms with E-state index in [1.54, 1.807) is 13.8 Å². The molecular weight excluding hydrogens is 224 g/mol. The fourth-order valence-electron chi connectivity index (χ4n) is 0.804. The minimum Gasteiger partial charge on any atom is -0.461 e. The average Bonchev–Trinajstić information content (AvgIpc) is 2.21. The van der Waals surface area contributed by atoms with Crippen LogP contribution >= 0.6 is 0 Å². The van der Waals surface area contributed by atoms with Crippen molar-refractivity contribution in [1.82, 2.24) is 0 Å². The minimum atomic E-state index is -0.772. The summed E-state index contributed by atoms with van der Waals surface area (Å²) in [5, 5.41) is 0. The molecule has 1 unspecified atom stereocenters. The van der Waals surface area contributed by atoms with Crippen molar-refractivity contribution in [2.75, 3.05) is 13.7 Å². The molecule has 0 saturated heterocycles. The van der Waals surface area contributed by atoms with Gasteiger partial charge in [-0.1, -0.05) is 11.8 Å². The Balaban J connectivity index is 4.57. The predicted molar refractivity (Wildman–Crippen MR) is 61.1 cm³/mol. The monoisotopic (exact) mass is 242 g/mol. The Morgan fingerprint density at radius 3 is 2.24 bits per heavy atom. The molecule has 0 heterocycles. The first kappa shape index (κ1) is 15.5. The van der Waals surface area contributed by atoms with Crippen molar-refractivity contribution in [3.63, 3.8) is 0 Å². The van der Waals surface area contributed by atoms with Gasteiger partial charge in [0, 0.05) is 21.0 Å². The highest BCUT2D eigenvalue weighted by Crippen LogP contribution is 2.05. The van der Waals surface area contributed by atoms with Crippen molar-refractivity contribution in [1.29, 1.82) is 0 Å². The van der Waals surface area contributed by atoms with E-state index < -0.39 is 23.6 Å². The number of carbonyl (C=O) groups is 2. The number of hydrogen-bond donors (Lipinski definition) is 0. The zero-order valence-corrected chi connectivity index (χ0v) is 10.8. The van der Waals surface area contributed by atoms with E-state index in [9.17, 15) is 9.59 Å². The first-order valence-electron chi connectivity index (χ1n) is 5.15. The van der Waals surface area contributed by atoms with Crippen LogP contribution in [0.15, 0.2) is 0 Å². The van der Waals surface area contributed by atoms with E-state index in [1.807, 2.05) is 0 Å². The molecule has 0 aromatic heterocycles. The van der Waals surface area contributed by atoms with Crippen LogP contribution in [0.2, 0.25) is 0 Å². The van der Waals surface area contributed by atoms with Crippen LogP contribution in [0.5, 0.6) is 0 Å². The second-order valence-corrected chi connectivity index (χ2v) is 3.88. The van der Waals surface area contributed by atoms with Crippen molar-refractivity contribution >= 4 is 11.9 Å². The third kappa shape index (κ3) is 8.29. The van der Waals surface area contributed by atoms with Crippen LogP contribution in [-0.2, 0) is 23.8 Å². The van der Waals surface area contributed by atoms with E-state index in [-0.39, 0.29) is 6.61 Å². The lowest BCUT2D eigenvalue weighted by molar-refractivity contribution is -0.153. The molecule has 0 N–H and O–H groups in total. The van der Waals surface area contributed by atoms with E-state index in [4.69, 9.17) is 14.2 Å². The van der Waals surface area contributed by atoms with E-state index >= 15 is 0 Å².